The van der Waals surface area contributed by atoms with E-state index in [0.717, 1.165) is 0 Å². The molecule has 0 aliphatic carbocycles. The highest BCUT2D eigenvalue weighted by atomic mass is 16.5. The van der Waals surface area contributed by atoms with Crippen molar-refractivity contribution in [3.63, 3.8) is 0 Å². The van der Waals surface area contributed by atoms with Gasteiger partial charge in [0.25, 0.3) is 5.91 Å². The van der Waals surface area contributed by atoms with Crippen LogP contribution in [-0.4, -0.2) is 28.6 Å². The van der Waals surface area contributed by atoms with E-state index in [1.165, 1.54) is 0 Å². The Morgan fingerprint density at radius 1 is 1.35 bits per heavy atom. The average molecular weight is 279 g/mol. The molecule has 0 saturated carbocycles. The molecule has 1 rings (SSSR count). The molecule has 0 aliphatic heterocycles. The molecule has 5 heteroatoms. The minimum Gasteiger partial charge on any atom is -0.481 e. The maximum absolute atomic E-state index is 11.9. The summed E-state index contributed by atoms with van der Waals surface area (Å²) >= 11 is 0. The average Bonchev–Trinajstić information content (AvgIpc) is 2.26. The quantitative estimate of drug-likeness (QED) is 0.864. The highest BCUT2D eigenvalue weighted by Crippen LogP contribution is 2.16. The van der Waals surface area contributed by atoms with Crippen molar-refractivity contribution in [3.8, 4) is 5.75 Å². The first kappa shape index (κ1) is 16.0. The second-order valence-corrected chi connectivity index (χ2v) is 5.72. The van der Waals surface area contributed by atoms with E-state index in [-0.39, 0.29) is 17.9 Å². The van der Waals surface area contributed by atoms with E-state index in [1.807, 2.05) is 20.8 Å². The Hall–Kier alpha value is -2.04. The van der Waals surface area contributed by atoms with Crippen molar-refractivity contribution in [1.29, 1.82) is 0 Å². The van der Waals surface area contributed by atoms with Gasteiger partial charge >= 0.3 is 5.97 Å². The van der Waals surface area contributed by atoms with Gasteiger partial charge in [-0.15, -0.1) is 0 Å². The number of ether oxygens (including phenoxy) is 1. The van der Waals surface area contributed by atoms with Crippen LogP contribution in [0.4, 0.5) is 0 Å². The molecular formula is C15H21NO4. The van der Waals surface area contributed by atoms with Gasteiger partial charge in [-0.1, -0.05) is 12.1 Å². The van der Waals surface area contributed by atoms with Crippen LogP contribution in [0.25, 0.3) is 0 Å². The third-order valence-corrected chi connectivity index (χ3v) is 2.43. The van der Waals surface area contributed by atoms with Crippen LogP contribution in [0.2, 0.25) is 0 Å². The Balaban J connectivity index is 2.68. The summed E-state index contributed by atoms with van der Waals surface area (Å²) in [5.74, 6) is -0.623. The molecule has 1 atom stereocenters. The van der Waals surface area contributed by atoms with Gasteiger partial charge in [-0.2, -0.15) is 0 Å². The van der Waals surface area contributed by atoms with Crippen molar-refractivity contribution < 1.29 is 19.4 Å². The fraction of sp³-hybridized carbons (Fsp3) is 0.467. The lowest BCUT2D eigenvalue weighted by molar-refractivity contribution is -0.136. The fourth-order valence-electron chi connectivity index (χ4n) is 1.63. The maximum atomic E-state index is 11.9. The number of carboxylic acids is 1. The van der Waals surface area contributed by atoms with Crippen molar-refractivity contribution >= 4 is 11.9 Å². The van der Waals surface area contributed by atoms with Gasteiger partial charge in [0.05, 0.1) is 6.42 Å². The lowest BCUT2D eigenvalue weighted by atomic mass is 10.1. The van der Waals surface area contributed by atoms with Gasteiger partial charge in [0.15, 0.2) is 6.10 Å². The first-order valence-electron chi connectivity index (χ1n) is 6.47. The lowest BCUT2D eigenvalue weighted by Crippen LogP contribution is -2.46. The summed E-state index contributed by atoms with van der Waals surface area (Å²) in [6.07, 6.45) is -0.714. The number of carbonyl (C=O) groups is 2. The van der Waals surface area contributed by atoms with Gasteiger partial charge in [-0.3, -0.25) is 9.59 Å². The van der Waals surface area contributed by atoms with E-state index < -0.39 is 12.1 Å². The van der Waals surface area contributed by atoms with Crippen LogP contribution in [0.5, 0.6) is 5.75 Å². The van der Waals surface area contributed by atoms with E-state index in [0.29, 0.717) is 11.3 Å². The smallest absolute Gasteiger partial charge is 0.307 e. The number of carbonyl (C=O) groups excluding carboxylic acids is 1. The van der Waals surface area contributed by atoms with Crippen molar-refractivity contribution in [1.82, 2.24) is 5.32 Å². The number of carboxylic acid groups (broad SMARTS) is 1. The first-order chi connectivity index (χ1) is 9.17. The molecule has 110 valence electrons. The van der Waals surface area contributed by atoms with Gasteiger partial charge in [0, 0.05) is 5.54 Å². The number of benzene rings is 1. The van der Waals surface area contributed by atoms with E-state index in [4.69, 9.17) is 9.84 Å². The second kappa shape index (κ2) is 6.41. The summed E-state index contributed by atoms with van der Waals surface area (Å²) in [5.41, 5.74) is 0.318. The van der Waals surface area contributed by atoms with Gasteiger partial charge in [0.1, 0.15) is 5.75 Å². The second-order valence-electron chi connectivity index (χ2n) is 5.72. The molecule has 0 radical (unpaired) electrons. The van der Waals surface area contributed by atoms with E-state index >= 15 is 0 Å². The molecule has 1 amide bonds. The Morgan fingerprint density at radius 2 is 2.00 bits per heavy atom. The largest absolute Gasteiger partial charge is 0.481 e. The highest BCUT2D eigenvalue weighted by Gasteiger charge is 2.20. The van der Waals surface area contributed by atoms with Crippen LogP contribution in [0.1, 0.15) is 33.3 Å². The highest BCUT2D eigenvalue weighted by molar-refractivity contribution is 5.81. The molecule has 2 N–H and O–H groups in total. The van der Waals surface area contributed by atoms with Crippen molar-refractivity contribution in [2.45, 2.75) is 45.8 Å². The van der Waals surface area contributed by atoms with Crippen LogP contribution < -0.4 is 10.1 Å². The van der Waals surface area contributed by atoms with E-state index in [2.05, 4.69) is 5.32 Å². The summed E-state index contributed by atoms with van der Waals surface area (Å²) in [6, 6.07) is 6.75. The molecule has 0 bridgehead atoms. The number of amides is 1. The summed E-state index contributed by atoms with van der Waals surface area (Å²) in [4.78, 5) is 22.6. The molecule has 0 aliphatic rings. The van der Waals surface area contributed by atoms with Crippen LogP contribution >= 0.6 is 0 Å². The van der Waals surface area contributed by atoms with Crippen LogP contribution in [0.3, 0.4) is 0 Å². The zero-order chi connectivity index (χ0) is 15.3. The molecule has 0 heterocycles. The molecule has 0 fully saturated rings. The normalized spacial score (nSPS) is 12.6. The fourth-order valence-corrected chi connectivity index (χ4v) is 1.63. The molecule has 1 unspecified atom stereocenters. The zero-order valence-corrected chi connectivity index (χ0v) is 12.3. The number of hydrogen-bond donors (Lipinski definition) is 2. The third-order valence-electron chi connectivity index (χ3n) is 2.43. The Bertz CT molecular complexity index is 491. The van der Waals surface area contributed by atoms with Crippen LogP contribution in [-0.2, 0) is 16.0 Å². The third kappa shape index (κ3) is 5.73. The molecular weight excluding hydrogens is 258 g/mol. The molecule has 20 heavy (non-hydrogen) atoms. The summed E-state index contributed by atoms with van der Waals surface area (Å²) < 4.78 is 5.54. The van der Waals surface area contributed by atoms with Gasteiger partial charge < -0.3 is 15.2 Å². The molecule has 0 aromatic heterocycles. The monoisotopic (exact) mass is 279 g/mol. The predicted octanol–water partition coefficient (Wildman–Crippen LogP) is 2.00. The summed E-state index contributed by atoms with van der Waals surface area (Å²) in [7, 11) is 0. The molecule has 5 nitrogen and oxygen atoms in total. The summed E-state index contributed by atoms with van der Waals surface area (Å²) in [5, 5.41) is 11.6. The summed E-state index contributed by atoms with van der Waals surface area (Å²) in [6.45, 7) is 7.34. The predicted molar refractivity (Wildman–Crippen MR) is 75.8 cm³/mol. The Labute approximate surface area is 118 Å². The van der Waals surface area contributed by atoms with Gasteiger partial charge in [0.2, 0.25) is 0 Å². The standard InChI is InChI=1S/C15H21NO4/c1-10(14(19)16-15(2,3)4)20-12-7-5-6-11(8-12)9-13(17)18/h5-8,10H,9H2,1-4H3,(H,16,19)(H,17,18). The van der Waals surface area contributed by atoms with Crippen LogP contribution in [0, 0.1) is 0 Å². The number of nitrogens with one attached hydrogen (secondary N) is 1. The number of aliphatic carboxylic acids is 1. The molecule has 0 saturated heterocycles. The van der Waals surface area contributed by atoms with Crippen molar-refractivity contribution in [2.75, 3.05) is 0 Å². The maximum Gasteiger partial charge on any atom is 0.307 e. The lowest BCUT2D eigenvalue weighted by Gasteiger charge is -2.23. The topological polar surface area (TPSA) is 75.6 Å². The Morgan fingerprint density at radius 3 is 2.55 bits per heavy atom. The molecule has 1 aromatic rings. The first-order valence-corrected chi connectivity index (χ1v) is 6.47. The van der Waals surface area contributed by atoms with Crippen molar-refractivity contribution in [3.05, 3.63) is 29.8 Å². The number of hydrogen-bond acceptors (Lipinski definition) is 3. The Kier molecular flexibility index (Phi) is 5.13. The SMILES string of the molecule is CC(Oc1cccc(CC(=O)O)c1)C(=O)NC(C)(C)C. The zero-order valence-electron chi connectivity index (χ0n) is 12.3. The van der Waals surface area contributed by atoms with E-state index in [1.54, 1.807) is 31.2 Å². The number of rotatable bonds is 5. The van der Waals surface area contributed by atoms with Gasteiger partial charge in [-0.05, 0) is 45.4 Å². The van der Waals surface area contributed by atoms with Crippen LogP contribution in [0.15, 0.2) is 24.3 Å². The minimum atomic E-state index is -0.902. The minimum absolute atomic E-state index is 0.0697. The van der Waals surface area contributed by atoms with Crippen molar-refractivity contribution in [2.24, 2.45) is 0 Å². The van der Waals surface area contributed by atoms with Gasteiger partial charge in [-0.25, -0.2) is 0 Å². The molecule has 0 spiro atoms. The molecule has 1 aromatic carbocycles. The van der Waals surface area contributed by atoms with E-state index in [9.17, 15) is 9.59 Å².